The third-order valence-electron chi connectivity index (χ3n) is 1.61. The molecule has 0 bridgehead atoms. The summed E-state index contributed by atoms with van der Waals surface area (Å²) in [7, 11) is 0. The average molecular weight is 161 g/mol. The summed E-state index contributed by atoms with van der Waals surface area (Å²) in [5.41, 5.74) is 0.147. The van der Waals surface area contributed by atoms with Crippen LogP contribution in [0.1, 0.15) is 5.76 Å². The van der Waals surface area contributed by atoms with Gasteiger partial charge in [0.1, 0.15) is 6.07 Å². The van der Waals surface area contributed by atoms with E-state index in [0.717, 1.165) is 0 Å². The molecule has 3 heteroatoms. The Hall–Kier alpha value is -1.82. The minimum atomic E-state index is -0.436. The van der Waals surface area contributed by atoms with Gasteiger partial charge in [0.2, 0.25) is 5.76 Å². The molecule has 0 N–H and O–H groups in total. The summed E-state index contributed by atoms with van der Waals surface area (Å²) in [5, 5.41) is 9.08. The van der Waals surface area contributed by atoms with Crippen molar-refractivity contribution in [1.82, 2.24) is 0 Å². The SMILES string of the molecule is N#Cc1cc2cccc(F)c2o1. The van der Waals surface area contributed by atoms with E-state index in [9.17, 15) is 4.39 Å². The summed E-state index contributed by atoms with van der Waals surface area (Å²) in [6, 6.07) is 7.90. The fraction of sp³-hybridized carbons (Fsp3) is 0. The number of fused-ring (bicyclic) bond motifs is 1. The number of rotatable bonds is 0. The van der Waals surface area contributed by atoms with Crippen molar-refractivity contribution in [1.29, 1.82) is 5.26 Å². The summed E-state index contributed by atoms with van der Waals surface area (Å²) in [6.45, 7) is 0. The molecule has 12 heavy (non-hydrogen) atoms. The Labute approximate surface area is 67.8 Å². The number of benzene rings is 1. The van der Waals surface area contributed by atoms with Gasteiger partial charge in [0.25, 0.3) is 0 Å². The Balaban J connectivity index is 2.85. The summed E-state index contributed by atoms with van der Waals surface area (Å²) in [5.74, 6) is -0.302. The van der Waals surface area contributed by atoms with Crippen LogP contribution in [0.3, 0.4) is 0 Å². The normalized spacial score (nSPS) is 10.0. The number of hydrogen-bond acceptors (Lipinski definition) is 2. The average Bonchev–Trinajstić information content (AvgIpc) is 2.49. The molecule has 0 aliphatic heterocycles. The van der Waals surface area contributed by atoms with Gasteiger partial charge >= 0.3 is 0 Å². The maximum absolute atomic E-state index is 12.9. The van der Waals surface area contributed by atoms with Crippen molar-refractivity contribution in [3.05, 3.63) is 35.8 Å². The van der Waals surface area contributed by atoms with Gasteiger partial charge in [-0.05, 0) is 6.07 Å². The number of nitriles is 1. The highest BCUT2D eigenvalue weighted by Gasteiger charge is 2.06. The molecule has 0 atom stereocenters. The molecular weight excluding hydrogens is 157 g/mol. The molecular formula is C9H4FNO. The number of hydrogen-bond donors (Lipinski definition) is 0. The molecule has 2 aromatic rings. The number of nitrogens with zero attached hydrogens (tertiary/aromatic N) is 1. The van der Waals surface area contributed by atoms with Gasteiger partial charge in [0.15, 0.2) is 11.4 Å². The van der Waals surface area contributed by atoms with Gasteiger partial charge in [0.05, 0.1) is 0 Å². The van der Waals surface area contributed by atoms with Gasteiger partial charge in [-0.25, -0.2) is 4.39 Å². The topological polar surface area (TPSA) is 36.9 Å². The zero-order valence-corrected chi connectivity index (χ0v) is 6.04. The summed E-state index contributed by atoms with van der Waals surface area (Å²) < 4.78 is 17.8. The Bertz CT molecular complexity index is 467. The second-order valence-electron chi connectivity index (χ2n) is 2.38. The first-order chi connectivity index (χ1) is 5.81. The summed E-state index contributed by atoms with van der Waals surface area (Å²) in [6.07, 6.45) is 0. The predicted molar refractivity (Wildman–Crippen MR) is 40.9 cm³/mol. The van der Waals surface area contributed by atoms with Crippen LogP contribution >= 0.6 is 0 Å². The zero-order chi connectivity index (χ0) is 8.55. The van der Waals surface area contributed by atoms with Crippen molar-refractivity contribution in [2.45, 2.75) is 0 Å². The van der Waals surface area contributed by atoms with Crippen molar-refractivity contribution < 1.29 is 8.81 Å². The van der Waals surface area contributed by atoms with E-state index in [1.807, 2.05) is 6.07 Å². The molecule has 0 unspecified atom stereocenters. The van der Waals surface area contributed by atoms with Crippen LogP contribution in [-0.4, -0.2) is 0 Å². The van der Waals surface area contributed by atoms with Crippen molar-refractivity contribution in [3.63, 3.8) is 0 Å². The van der Waals surface area contributed by atoms with Gasteiger partial charge in [-0.15, -0.1) is 0 Å². The standard InChI is InChI=1S/C9H4FNO/c10-8-3-1-2-6-4-7(5-11)12-9(6)8/h1-4H. The van der Waals surface area contributed by atoms with E-state index in [2.05, 4.69) is 0 Å². The maximum Gasteiger partial charge on any atom is 0.204 e. The van der Waals surface area contributed by atoms with Gasteiger partial charge in [0, 0.05) is 11.5 Å². The van der Waals surface area contributed by atoms with Crippen LogP contribution in [0, 0.1) is 17.1 Å². The highest BCUT2D eigenvalue weighted by atomic mass is 19.1. The fourth-order valence-corrected chi connectivity index (χ4v) is 1.08. The summed E-state index contributed by atoms with van der Waals surface area (Å²) in [4.78, 5) is 0. The molecule has 1 heterocycles. The van der Waals surface area contributed by atoms with Crippen LogP contribution < -0.4 is 0 Å². The molecule has 58 valence electrons. The van der Waals surface area contributed by atoms with E-state index in [1.54, 1.807) is 12.1 Å². The van der Waals surface area contributed by atoms with E-state index in [-0.39, 0.29) is 11.3 Å². The smallest absolute Gasteiger partial charge is 0.204 e. The molecule has 1 aromatic carbocycles. The van der Waals surface area contributed by atoms with E-state index < -0.39 is 5.82 Å². The lowest BCUT2D eigenvalue weighted by Crippen LogP contribution is -1.70. The Morgan fingerprint density at radius 1 is 1.42 bits per heavy atom. The lowest BCUT2D eigenvalue weighted by Gasteiger charge is -1.87. The zero-order valence-electron chi connectivity index (χ0n) is 6.04. The van der Waals surface area contributed by atoms with E-state index in [0.29, 0.717) is 5.39 Å². The maximum atomic E-state index is 12.9. The van der Waals surface area contributed by atoms with Crippen molar-refractivity contribution >= 4 is 11.0 Å². The molecule has 0 aliphatic carbocycles. The van der Waals surface area contributed by atoms with Gasteiger partial charge in [-0.2, -0.15) is 5.26 Å². The van der Waals surface area contributed by atoms with E-state index >= 15 is 0 Å². The second kappa shape index (κ2) is 2.35. The molecule has 0 saturated heterocycles. The lowest BCUT2D eigenvalue weighted by atomic mass is 10.2. The molecule has 0 aliphatic rings. The number of halogens is 1. The minimum absolute atomic E-state index is 0.134. The molecule has 1 aromatic heterocycles. The third kappa shape index (κ3) is 0.857. The number of para-hydroxylation sites is 1. The van der Waals surface area contributed by atoms with Crippen LogP contribution in [0.2, 0.25) is 0 Å². The minimum Gasteiger partial charge on any atom is -0.442 e. The van der Waals surface area contributed by atoms with Crippen molar-refractivity contribution in [2.24, 2.45) is 0 Å². The van der Waals surface area contributed by atoms with Crippen LogP contribution in [0.15, 0.2) is 28.7 Å². The Morgan fingerprint density at radius 2 is 2.25 bits per heavy atom. The van der Waals surface area contributed by atoms with Gasteiger partial charge in [-0.1, -0.05) is 12.1 Å². The molecule has 0 amide bonds. The molecule has 0 fully saturated rings. The van der Waals surface area contributed by atoms with E-state index in [4.69, 9.17) is 9.68 Å². The highest BCUT2D eigenvalue weighted by molar-refractivity contribution is 5.79. The fourth-order valence-electron chi connectivity index (χ4n) is 1.08. The van der Waals surface area contributed by atoms with Gasteiger partial charge < -0.3 is 4.42 Å². The molecule has 2 nitrogen and oxygen atoms in total. The second-order valence-corrected chi connectivity index (χ2v) is 2.38. The van der Waals surface area contributed by atoms with Crippen molar-refractivity contribution in [3.8, 4) is 6.07 Å². The Kier molecular flexibility index (Phi) is 1.34. The molecule has 0 spiro atoms. The van der Waals surface area contributed by atoms with Crippen LogP contribution in [0.25, 0.3) is 11.0 Å². The lowest BCUT2D eigenvalue weighted by molar-refractivity contribution is 0.551. The highest BCUT2D eigenvalue weighted by Crippen LogP contribution is 2.21. The predicted octanol–water partition coefficient (Wildman–Crippen LogP) is 2.44. The van der Waals surface area contributed by atoms with Crippen LogP contribution in [0.4, 0.5) is 4.39 Å². The van der Waals surface area contributed by atoms with Crippen LogP contribution in [-0.2, 0) is 0 Å². The monoisotopic (exact) mass is 161 g/mol. The first-order valence-corrected chi connectivity index (χ1v) is 3.39. The molecule has 0 saturated carbocycles. The largest absolute Gasteiger partial charge is 0.442 e. The third-order valence-corrected chi connectivity index (χ3v) is 1.61. The summed E-state index contributed by atoms with van der Waals surface area (Å²) >= 11 is 0. The van der Waals surface area contributed by atoms with E-state index in [1.165, 1.54) is 12.1 Å². The van der Waals surface area contributed by atoms with Crippen molar-refractivity contribution in [2.75, 3.05) is 0 Å². The molecule has 0 radical (unpaired) electrons. The Morgan fingerprint density at radius 3 is 2.92 bits per heavy atom. The van der Waals surface area contributed by atoms with Gasteiger partial charge in [-0.3, -0.25) is 0 Å². The molecule has 2 rings (SSSR count). The first-order valence-electron chi connectivity index (χ1n) is 3.39. The quantitative estimate of drug-likeness (QED) is 0.595. The van der Waals surface area contributed by atoms with Crippen LogP contribution in [0.5, 0.6) is 0 Å². The number of furan rings is 1. The first kappa shape index (κ1) is 6.86.